The highest BCUT2D eigenvalue weighted by Crippen LogP contribution is 2.40. The van der Waals surface area contributed by atoms with Crippen molar-refractivity contribution >= 4 is 17.6 Å². The van der Waals surface area contributed by atoms with E-state index in [1.807, 2.05) is 44.2 Å². The van der Waals surface area contributed by atoms with E-state index >= 15 is 0 Å². The molecule has 2 aromatic rings. The minimum Gasteiger partial charge on any atom is -0.474 e. The fourth-order valence-electron chi connectivity index (χ4n) is 2.85. The topological polar surface area (TPSA) is 55.8 Å². The van der Waals surface area contributed by atoms with Crippen LogP contribution in [0.25, 0.3) is 0 Å². The molecule has 1 heterocycles. The van der Waals surface area contributed by atoms with Crippen molar-refractivity contribution in [3.05, 3.63) is 59.7 Å². The molecule has 0 saturated carbocycles. The molecule has 1 unspecified atom stereocenters. The normalized spacial score (nSPS) is 16.6. The number of hydrogen-bond donors (Lipinski definition) is 0. The zero-order valence-corrected chi connectivity index (χ0v) is 13.9. The predicted molar refractivity (Wildman–Crippen MR) is 90.2 cm³/mol. The molecule has 0 N–H and O–H groups in total. The maximum absolute atomic E-state index is 12.9. The zero-order chi connectivity index (χ0) is 17.3. The molecule has 3 rings (SSSR count). The van der Waals surface area contributed by atoms with E-state index in [4.69, 9.17) is 9.47 Å². The summed E-state index contributed by atoms with van der Waals surface area (Å²) >= 11 is 0. The van der Waals surface area contributed by atoms with E-state index in [0.717, 1.165) is 5.56 Å². The number of esters is 1. The number of hydrogen-bond acceptors (Lipinski definition) is 4. The average molecular weight is 325 g/mol. The molecule has 5 heteroatoms. The van der Waals surface area contributed by atoms with Gasteiger partial charge in [0, 0.05) is 11.6 Å². The number of ether oxygens (including phenoxy) is 2. The van der Waals surface area contributed by atoms with Crippen molar-refractivity contribution in [1.29, 1.82) is 0 Å². The highest BCUT2D eigenvalue weighted by Gasteiger charge is 2.37. The third kappa shape index (κ3) is 2.73. The molecule has 2 aromatic carbocycles. The Balaban J connectivity index is 2.08. The number of carbonyl (C=O) groups excluding carboxylic acids is 2. The second kappa shape index (κ2) is 6.35. The van der Waals surface area contributed by atoms with Crippen molar-refractivity contribution in [2.75, 3.05) is 12.0 Å². The molecule has 1 aliphatic heterocycles. The Morgan fingerprint density at radius 3 is 2.50 bits per heavy atom. The summed E-state index contributed by atoms with van der Waals surface area (Å²) in [5, 5.41) is 0. The van der Waals surface area contributed by atoms with E-state index in [-0.39, 0.29) is 11.9 Å². The van der Waals surface area contributed by atoms with Gasteiger partial charge in [0.15, 0.2) is 0 Å². The number of nitrogens with zero attached hydrogens (tertiary/aromatic N) is 1. The van der Waals surface area contributed by atoms with E-state index in [0.29, 0.717) is 17.0 Å². The molecule has 0 radical (unpaired) electrons. The van der Waals surface area contributed by atoms with Crippen LogP contribution in [0.4, 0.5) is 5.69 Å². The van der Waals surface area contributed by atoms with E-state index in [9.17, 15) is 9.59 Å². The lowest BCUT2D eigenvalue weighted by Crippen LogP contribution is -2.45. The molecule has 1 atom stereocenters. The van der Waals surface area contributed by atoms with Crippen LogP contribution in [0.5, 0.6) is 5.75 Å². The lowest BCUT2D eigenvalue weighted by Gasteiger charge is -2.37. The van der Waals surface area contributed by atoms with Gasteiger partial charge in [-0.1, -0.05) is 30.3 Å². The molecule has 0 aromatic heterocycles. The minimum absolute atomic E-state index is 0.0321. The zero-order valence-electron chi connectivity index (χ0n) is 13.9. The summed E-state index contributed by atoms with van der Waals surface area (Å²) in [5.74, 6) is -0.0553. The van der Waals surface area contributed by atoms with E-state index in [2.05, 4.69) is 0 Å². The Morgan fingerprint density at radius 1 is 1.17 bits per heavy atom. The molecule has 1 aliphatic rings. The van der Waals surface area contributed by atoms with Crippen molar-refractivity contribution in [2.24, 2.45) is 0 Å². The van der Waals surface area contributed by atoms with Gasteiger partial charge in [-0.15, -0.1) is 0 Å². The smallest absolute Gasteiger partial charge is 0.337 e. The third-order valence-corrected chi connectivity index (χ3v) is 3.97. The Morgan fingerprint density at radius 2 is 1.88 bits per heavy atom. The lowest BCUT2D eigenvalue weighted by molar-refractivity contribution is -0.127. The Labute approximate surface area is 140 Å². The first-order valence-corrected chi connectivity index (χ1v) is 7.80. The van der Waals surface area contributed by atoms with Crippen LogP contribution in [0, 0.1) is 0 Å². The summed E-state index contributed by atoms with van der Waals surface area (Å²) in [6.07, 6.45) is -0.728. The van der Waals surface area contributed by atoms with Gasteiger partial charge in [-0.05, 0) is 32.0 Å². The van der Waals surface area contributed by atoms with Crippen LogP contribution in [-0.2, 0) is 9.53 Å². The van der Waals surface area contributed by atoms with Crippen LogP contribution in [0.1, 0.15) is 35.9 Å². The summed E-state index contributed by atoms with van der Waals surface area (Å²) in [5.41, 5.74) is 1.83. The maximum atomic E-state index is 12.9. The second-order valence-corrected chi connectivity index (χ2v) is 5.88. The summed E-state index contributed by atoms with van der Waals surface area (Å²) in [6, 6.07) is 14.3. The fourth-order valence-corrected chi connectivity index (χ4v) is 2.85. The van der Waals surface area contributed by atoms with E-state index < -0.39 is 12.1 Å². The van der Waals surface area contributed by atoms with Gasteiger partial charge in [0.25, 0.3) is 5.91 Å². The van der Waals surface area contributed by atoms with Gasteiger partial charge in [-0.3, -0.25) is 4.79 Å². The first kappa shape index (κ1) is 16.1. The third-order valence-electron chi connectivity index (χ3n) is 3.97. The Hall–Kier alpha value is -2.82. The first-order chi connectivity index (χ1) is 11.5. The maximum Gasteiger partial charge on any atom is 0.337 e. The SMILES string of the molecule is COC(=O)c1ccc2c(c1)OC(c1ccccc1)C(=O)N2C(C)C. The van der Waals surface area contributed by atoms with Crippen molar-refractivity contribution in [3.8, 4) is 5.75 Å². The van der Waals surface area contributed by atoms with Crippen molar-refractivity contribution in [2.45, 2.75) is 26.0 Å². The van der Waals surface area contributed by atoms with Gasteiger partial charge >= 0.3 is 5.97 Å². The Bertz CT molecular complexity index is 770. The number of rotatable bonds is 3. The number of amides is 1. The number of carbonyl (C=O) groups is 2. The summed E-state index contributed by atoms with van der Waals surface area (Å²) < 4.78 is 10.7. The lowest BCUT2D eigenvalue weighted by atomic mass is 10.0. The van der Waals surface area contributed by atoms with Gasteiger partial charge < -0.3 is 14.4 Å². The number of anilines is 1. The van der Waals surface area contributed by atoms with Crippen LogP contribution in [0.15, 0.2) is 48.5 Å². The van der Waals surface area contributed by atoms with Crippen molar-refractivity contribution in [1.82, 2.24) is 0 Å². The summed E-state index contributed by atoms with van der Waals surface area (Å²) in [6.45, 7) is 3.90. The minimum atomic E-state index is -0.728. The van der Waals surface area contributed by atoms with Gasteiger partial charge in [-0.2, -0.15) is 0 Å². The molecule has 0 fully saturated rings. The van der Waals surface area contributed by atoms with E-state index in [1.165, 1.54) is 7.11 Å². The molecule has 1 amide bonds. The molecule has 124 valence electrons. The summed E-state index contributed by atoms with van der Waals surface area (Å²) in [4.78, 5) is 26.4. The number of benzene rings is 2. The van der Waals surface area contributed by atoms with Gasteiger partial charge in [-0.25, -0.2) is 4.79 Å². The standard InChI is InChI=1S/C19H19NO4/c1-12(2)20-15-10-9-14(19(22)23-3)11-16(15)24-17(18(20)21)13-7-5-4-6-8-13/h4-12,17H,1-3H3. The molecule has 0 aliphatic carbocycles. The van der Waals surface area contributed by atoms with Gasteiger partial charge in [0.2, 0.25) is 6.10 Å². The summed E-state index contributed by atoms with van der Waals surface area (Å²) in [7, 11) is 1.33. The van der Waals surface area contributed by atoms with Crippen molar-refractivity contribution < 1.29 is 19.1 Å². The number of fused-ring (bicyclic) bond motifs is 1. The van der Waals surface area contributed by atoms with E-state index in [1.54, 1.807) is 23.1 Å². The molecular weight excluding hydrogens is 306 g/mol. The van der Waals surface area contributed by atoms with Crippen LogP contribution in [-0.4, -0.2) is 25.0 Å². The van der Waals surface area contributed by atoms with Crippen molar-refractivity contribution in [3.63, 3.8) is 0 Å². The fraction of sp³-hybridized carbons (Fsp3) is 0.263. The van der Waals surface area contributed by atoms with Crippen LogP contribution >= 0.6 is 0 Å². The second-order valence-electron chi connectivity index (χ2n) is 5.88. The molecule has 0 spiro atoms. The van der Waals surface area contributed by atoms with Gasteiger partial charge in [0.05, 0.1) is 18.4 Å². The highest BCUT2D eigenvalue weighted by molar-refractivity contribution is 6.02. The predicted octanol–water partition coefficient (Wildman–Crippen LogP) is 3.35. The highest BCUT2D eigenvalue weighted by atomic mass is 16.5. The largest absolute Gasteiger partial charge is 0.474 e. The molecule has 5 nitrogen and oxygen atoms in total. The monoisotopic (exact) mass is 325 g/mol. The Kier molecular flexibility index (Phi) is 4.25. The molecule has 0 saturated heterocycles. The van der Waals surface area contributed by atoms with Crippen LogP contribution < -0.4 is 9.64 Å². The molecule has 0 bridgehead atoms. The van der Waals surface area contributed by atoms with Gasteiger partial charge in [0.1, 0.15) is 5.75 Å². The molecule has 24 heavy (non-hydrogen) atoms. The average Bonchev–Trinajstić information content (AvgIpc) is 2.60. The quantitative estimate of drug-likeness (QED) is 0.812. The van der Waals surface area contributed by atoms with Crippen LogP contribution in [0.2, 0.25) is 0 Å². The van der Waals surface area contributed by atoms with Crippen LogP contribution in [0.3, 0.4) is 0 Å². The first-order valence-electron chi connectivity index (χ1n) is 7.80. The molecular formula is C19H19NO4. The number of methoxy groups -OCH3 is 1.